The lowest BCUT2D eigenvalue weighted by molar-refractivity contribution is -0.539. The van der Waals surface area contributed by atoms with Crippen LogP contribution in [0.1, 0.15) is 0 Å². The van der Waals surface area contributed by atoms with E-state index in [1.165, 1.54) is 0 Å². The monoisotopic (exact) mass is 387 g/mol. The fraction of sp³-hybridized carbons (Fsp3) is 1.00. The maximum Gasteiger partial charge on any atom is 0.266 e. The molecule has 0 aromatic rings. The Kier molecular flexibility index (Phi) is 3.46. The summed E-state index contributed by atoms with van der Waals surface area (Å²) in [5, 5.41) is 73.8. The molecule has 13 nitrogen and oxygen atoms in total. The summed E-state index contributed by atoms with van der Waals surface area (Å²) in [6, 6.07) is 0. The van der Waals surface area contributed by atoms with Crippen molar-refractivity contribution in [3.63, 3.8) is 0 Å². The van der Waals surface area contributed by atoms with Crippen LogP contribution in [0, 0.1) is 0 Å². The van der Waals surface area contributed by atoms with Crippen LogP contribution in [0.3, 0.4) is 0 Å². The Morgan fingerprint density at radius 1 is 1.12 bits per heavy atom. The van der Waals surface area contributed by atoms with Gasteiger partial charge in [-0.15, -0.1) is 0 Å². The van der Waals surface area contributed by atoms with Gasteiger partial charge < -0.3 is 50.2 Å². The summed E-state index contributed by atoms with van der Waals surface area (Å²) in [7, 11) is -4.10. The lowest BCUT2D eigenvalue weighted by Crippen LogP contribution is -2.69. The molecule has 0 amide bonds. The minimum atomic E-state index is -4.10. The highest BCUT2D eigenvalue weighted by Gasteiger charge is 3.21. The number of nitrogens with zero attached hydrogens (tertiary/aromatic N) is 1. The smallest absolute Gasteiger partial charge is 0.266 e. The summed E-state index contributed by atoms with van der Waals surface area (Å²) >= 11 is 0. The topological polar surface area (TPSA) is 210 Å². The molecule has 0 radical (unpaired) electrons. The zero-order valence-corrected chi connectivity index (χ0v) is 13.4. The van der Waals surface area contributed by atoms with Gasteiger partial charge in [-0.25, -0.2) is 4.84 Å². The SMILES string of the molecule is O=P12[C@]3(O)[C@]1(O)[C@@H](CO)ON(OC1(CO)O[C@H](CO)[C@@H](O)[C@@H]1O)[C@]32O. The summed E-state index contributed by atoms with van der Waals surface area (Å²) in [5.41, 5.74) is -2.67. The highest BCUT2D eigenvalue weighted by atomic mass is 31.2. The molecule has 0 saturated carbocycles. The van der Waals surface area contributed by atoms with Gasteiger partial charge in [0, 0.05) is 0 Å². The highest BCUT2D eigenvalue weighted by molar-refractivity contribution is 7.85. The normalized spacial score (nSPS) is 62.7. The fourth-order valence-corrected chi connectivity index (χ4v) is 7.93. The number of hydroxylamine groups is 2. The summed E-state index contributed by atoms with van der Waals surface area (Å²) < 4.78 is 17.7. The van der Waals surface area contributed by atoms with Crippen molar-refractivity contribution in [2.75, 3.05) is 19.8 Å². The zero-order valence-electron chi connectivity index (χ0n) is 12.5. The zero-order chi connectivity index (χ0) is 18.6. The van der Waals surface area contributed by atoms with Crippen LogP contribution < -0.4 is 0 Å². The van der Waals surface area contributed by atoms with E-state index in [0.29, 0.717) is 0 Å². The highest BCUT2D eigenvalue weighted by Crippen LogP contribution is 3.14. The van der Waals surface area contributed by atoms with Gasteiger partial charge >= 0.3 is 0 Å². The number of aliphatic hydroxyl groups is 8. The fourth-order valence-electron chi connectivity index (χ4n) is 3.88. The van der Waals surface area contributed by atoms with Crippen LogP contribution in [-0.2, 0) is 19.0 Å². The van der Waals surface area contributed by atoms with E-state index >= 15 is 0 Å². The van der Waals surface area contributed by atoms with Crippen molar-refractivity contribution < 1.29 is 59.8 Å². The van der Waals surface area contributed by atoms with Gasteiger partial charge in [-0.2, -0.15) is 0 Å². The minimum Gasteiger partial charge on any atom is -0.394 e. The maximum absolute atomic E-state index is 12.6. The molecule has 4 rings (SSSR count). The molecule has 4 heterocycles. The Balaban J connectivity index is 1.64. The molecule has 0 bridgehead atoms. The molecule has 0 aromatic heterocycles. The van der Waals surface area contributed by atoms with Gasteiger partial charge in [-0.05, 0) is 5.23 Å². The van der Waals surface area contributed by atoms with E-state index in [4.69, 9.17) is 19.5 Å². The minimum absolute atomic E-state index is 0.0958. The standard InChI is InChI=1S/C11H18NO12P/c13-1-4-6(16)7(17)8(3-15,22-4)24-12-11(20)10(19)9(18,25(10,11)21)5(2-14)23-12/h4-7,13-20H,1-3H2/t4-,5-,6-,7+,8?,9+,10-,11+,25?/m1/s1. The third-order valence-electron chi connectivity index (χ3n) is 5.49. The quantitative estimate of drug-likeness (QED) is 0.208. The van der Waals surface area contributed by atoms with Crippen molar-refractivity contribution in [1.82, 2.24) is 5.23 Å². The van der Waals surface area contributed by atoms with Gasteiger partial charge in [0.25, 0.3) is 5.47 Å². The number of aliphatic hydroxyl groups excluding tert-OH is 5. The average Bonchev–Trinajstić information content (AvgIpc) is 3.17. The Morgan fingerprint density at radius 3 is 2.16 bits per heavy atom. The van der Waals surface area contributed by atoms with Gasteiger partial charge in [0.15, 0.2) is 5.34 Å². The van der Waals surface area contributed by atoms with Gasteiger partial charge in [-0.3, -0.25) is 4.84 Å². The van der Waals surface area contributed by atoms with Crippen molar-refractivity contribution in [3.8, 4) is 0 Å². The van der Waals surface area contributed by atoms with E-state index in [1.54, 1.807) is 0 Å². The Labute approximate surface area is 139 Å². The number of hydrogen-bond donors (Lipinski definition) is 8. The molecule has 0 aliphatic carbocycles. The van der Waals surface area contributed by atoms with Crippen LogP contribution in [0.5, 0.6) is 0 Å². The van der Waals surface area contributed by atoms with E-state index in [1.807, 2.05) is 0 Å². The molecule has 2 unspecified atom stereocenters. The molecular weight excluding hydrogens is 369 g/mol. The molecule has 4 aliphatic heterocycles. The van der Waals surface area contributed by atoms with E-state index in [9.17, 15) is 40.3 Å². The number of fused-ring (bicyclic) bond motifs is 2. The number of rotatable bonds is 5. The lowest BCUT2D eigenvalue weighted by atomic mass is 10.1. The lowest BCUT2D eigenvalue weighted by Gasteiger charge is -2.47. The molecular formula is C11H18NO12P. The second-order valence-corrected chi connectivity index (χ2v) is 9.68. The first-order chi connectivity index (χ1) is 11.6. The van der Waals surface area contributed by atoms with Gasteiger partial charge in [0.2, 0.25) is 18.3 Å². The summed E-state index contributed by atoms with van der Waals surface area (Å²) in [5.74, 6) is -2.43. The predicted octanol–water partition coefficient (Wildman–Crippen LogP) is -5.26. The second-order valence-electron chi connectivity index (χ2n) is 6.51. The molecule has 4 aliphatic rings. The number of hydrogen-bond acceptors (Lipinski definition) is 13. The van der Waals surface area contributed by atoms with Crippen molar-refractivity contribution in [2.24, 2.45) is 0 Å². The first kappa shape index (κ1) is 18.1. The van der Waals surface area contributed by atoms with Gasteiger partial charge in [-0.1, -0.05) is 0 Å². The summed E-state index contributed by atoms with van der Waals surface area (Å²) in [4.78, 5) is 10.1. The molecule has 9 atom stereocenters. The first-order valence-electron chi connectivity index (χ1n) is 7.37. The maximum atomic E-state index is 12.6. The Bertz CT molecular complexity index is 665. The third kappa shape index (κ3) is 1.46. The molecule has 4 saturated heterocycles. The Morgan fingerprint density at radius 2 is 1.72 bits per heavy atom. The van der Waals surface area contributed by atoms with Crippen molar-refractivity contribution in [2.45, 2.75) is 46.4 Å². The first-order valence-corrected chi connectivity index (χ1v) is 9.08. The van der Waals surface area contributed by atoms with Gasteiger partial charge in [0.1, 0.15) is 31.0 Å². The molecule has 25 heavy (non-hydrogen) atoms. The van der Waals surface area contributed by atoms with Crippen LogP contribution in [0.25, 0.3) is 0 Å². The van der Waals surface area contributed by atoms with E-state index in [2.05, 4.69) is 0 Å². The molecule has 4 fully saturated rings. The van der Waals surface area contributed by atoms with Crippen LogP contribution in [0.2, 0.25) is 0 Å². The van der Waals surface area contributed by atoms with Crippen LogP contribution in [0.4, 0.5) is 0 Å². The Hall–Kier alpha value is -0.250. The largest absolute Gasteiger partial charge is 0.394 e. The number of ether oxygens (including phenoxy) is 1. The second kappa shape index (κ2) is 4.77. The van der Waals surface area contributed by atoms with E-state index < -0.39 is 73.3 Å². The molecule has 144 valence electrons. The molecule has 0 spiro atoms. The van der Waals surface area contributed by atoms with Crippen LogP contribution in [-0.4, -0.2) is 112 Å². The van der Waals surface area contributed by atoms with E-state index in [0.717, 1.165) is 0 Å². The van der Waals surface area contributed by atoms with Crippen LogP contribution in [0.15, 0.2) is 0 Å². The van der Waals surface area contributed by atoms with Crippen LogP contribution >= 0.6 is 7.14 Å². The van der Waals surface area contributed by atoms with Crippen molar-refractivity contribution in [3.05, 3.63) is 0 Å². The van der Waals surface area contributed by atoms with E-state index in [-0.39, 0.29) is 5.23 Å². The predicted molar refractivity (Wildman–Crippen MR) is 71.1 cm³/mol. The summed E-state index contributed by atoms with van der Waals surface area (Å²) in [6.45, 7) is -2.72. The molecule has 0 aromatic carbocycles. The third-order valence-corrected chi connectivity index (χ3v) is 9.55. The summed E-state index contributed by atoms with van der Waals surface area (Å²) in [6.07, 6.45) is -6.55. The van der Waals surface area contributed by atoms with Crippen molar-refractivity contribution in [1.29, 1.82) is 0 Å². The molecule has 14 heteroatoms. The van der Waals surface area contributed by atoms with Gasteiger partial charge in [0.05, 0.1) is 13.2 Å². The van der Waals surface area contributed by atoms with Crippen molar-refractivity contribution >= 4 is 7.14 Å². The molecule has 8 N–H and O–H groups in total. The average molecular weight is 387 g/mol.